The fraction of sp³-hybridized carbons (Fsp3) is 0.452. The maximum Gasteiger partial charge on any atom is 0.247 e. The average Bonchev–Trinajstić information content (AvgIpc) is 3.65. The summed E-state index contributed by atoms with van der Waals surface area (Å²) < 4.78 is 22.4. The van der Waals surface area contributed by atoms with Crippen LogP contribution < -0.4 is 21.3 Å². The van der Waals surface area contributed by atoms with Gasteiger partial charge >= 0.3 is 0 Å². The molecule has 3 fully saturated rings. The van der Waals surface area contributed by atoms with Crippen LogP contribution in [-0.4, -0.2) is 82.1 Å². The maximum absolute atomic E-state index is 12.9. The Kier molecular flexibility index (Phi) is 10.5. The lowest BCUT2D eigenvalue weighted by Gasteiger charge is -2.41. The number of amides is 1. The Morgan fingerprint density at radius 2 is 1.84 bits per heavy atom. The van der Waals surface area contributed by atoms with Crippen LogP contribution in [0.4, 0.5) is 5.69 Å². The van der Waals surface area contributed by atoms with E-state index in [1.54, 1.807) is 43.3 Å². The number of allylic oxidation sites excluding steroid dienone is 1. The second kappa shape index (κ2) is 14.4. The van der Waals surface area contributed by atoms with Crippen LogP contribution in [0.5, 0.6) is 5.75 Å². The number of carbonyl (C=O) groups is 1. The Balaban J connectivity index is 1.17. The standard InChI is InChI=1S/C31H38ClN3O10/c1-3-20(35-43-13-17-5-4-6-18(32)10-17)28-21(36)12-23(45-28)44-22-8-7-16(11-19(22)33)9-15(2)31(40)34-24-25(37)27(39)30-29(26(24)38)41-14-42-30/h4-11,21,23-27,29-30,35-39H,3,12-14,33H2,1-2H3,(H,34,40)/t21-,23+,24+,25-,26+,27+,29-,30+/m0/s1. The molecule has 1 aliphatic carbocycles. The second-order valence-electron chi connectivity index (χ2n) is 11.1. The van der Waals surface area contributed by atoms with Crippen LogP contribution in [-0.2, 0) is 30.4 Å². The fourth-order valence-corrected chi connectivity index (χ4v) is 5.69. The highest BCUT2D eigenvalue weighted by Gasteiger charge is 2.53. The molecule has 2 heterocycles. The molecule has 14 heteroatoms. The number of aliphatic hydroxyl groups excluding tert-OH is 4. The minimum absolute atomic E-state index is 0.125. The van der Waals surface area contributed by atoms with E-state index in [1.807, 2.05) is 19.1 Å². The second-order valence-corrected chi connectivity index (χ2v) is 11.5. The van der Waals surface area contributed by atoms with Crippen molar-refractivity contribution >= 4 is 29.3 Å². The number of hydrogen-bond donors (Lipinski definition) is 7. The molecule has 0 radical (unpaired) electrons. The monoisotopic (exact) mass is 647 g/mol. The number of aliphatic hydroxyl groups is 4. The summed E-state index contributed by atoms with van der Waals surface area (Å²) in [7, 11) is 0. The largest absolute Gasteiger partial charge is 0.454 e. The number of rotatable bonds is 10. The number of halogens is 1. The van der Waals surface area contributed by atoms with Crippen molar-refractivity contribution in [2.75, 3.05) is 12.5 Å². The maximum atomic E-state index is 12.9. The molecule has 0 aromatic heterocycles. The van der Waals surface area contributed by atoms with Gasteiger partial charge in [0.25, 0.3) is 0 Å². The van der Waals surface area contributed by atoms with Crippen molar-refractivity contribution in [1.29, 1.82) is 0 Å². The SMILES string of the molecule is CCC(NOCc1cccc(Cl)c1)=C1O[C@@H](Oc2ccc(C=C(C)C(=O)N[C@@H]3[C@H](O)[C@@H](O)[C@H]4OCO[C@H]4[C@@H]3O)cc2N)C[C@@H]1O. The van der Waals surface area contributed by atoms with Crippen LogP contribution in [0.1, 0.15) is 37.8 Å². The number of benzene rings is 2. The van der Waals surface area contributed by atoms with Gasteiger partial charge in [-0.05, 0) is 54.8 Å². The summed E-state index contributed by atoms with van der Waals surface area (Å²) in [5.41, 5.74) is 11.7. The van der Waals surface area contributed by atoms with Gasteiger partial charge in [0, 0.05) is 10.6 Å². The molecule has 0 unspecified atom stereocenters. The van der Waals surface area contributed by atoms with E-state index in [2.05, 4.69) is 10.8 Å². The predicted molar refractivity (Wildman–Crippen MR) is 162 cm³/mol. The van der Waals surface area contributed by atoms with Gasteiger partial charge in [-0.2, -0.15) is 0 Å². The highest BCUT2D eigenvalue weighted by molar-refractivity contribution is 6.30. The van der Waals surface area contributed by atoms with E-state index in [9.17, 15) is 25.2 Å². The number of nitrogen functional groups attached to an aromatic ring is 1. The van der Waals surface area contributed by atoms with Gasteiger partial charge in [0.1, 0.15) is 49.2 Å². The van der Waals surface area contributed by atoms with E-state index < -0.39 is 54.9 Å². The van der Waals surface area contributed by atoms with Gasteiger partial charge in [0.2, 0.25) is 12.2 Å². The quantitative estimate of drug-likeness (QED) is 0.112. The van der Waals surface area contributed by atoms with Crippen LogP contribution in [0.3, 0.4) is 0 Å². The number of hydrogen-bond acceptors (Lipinski definition) is 12. The van der Waals surface area contributed by atoms with Crippen molar-refractivity contribution in [1.82, 2.24) is 10.8 Å². The van der Waals surface area contributed by atoms with Crippen LogP contribution in [0, 0.1) is 0 Å². The van der Waals surface area contributed by atoms with Gasteiger partial charge < -0.3 is 50.4 Å². The van der Waals surface area contributed by atoms with E-state index in [1.165, 1.54) is 0 Å². The van der Waals surface area contributed by atoms with Crippen LogP contribution >= 0.6 is 11.6 Å². The van der Waals surface area contributed by atoms with Gasteiger partial charge in [0.05, 0.1) is 30.5 Å². The van der Waals surface area contributed by atoms with Crippen molar-refractivity contribution in [2.45, 2.75) is 82.3 Å². The minimum Gasteiger partial charge on any atom is -0.454 e. The van der Waals surface area contributed by atoms with Gasteiger partial charge in [-0.15, -0.1) is 0 Å². The van der Waals surface area contributed by atoms with Crippen molar-refractivity contribution in [3.8, 4) is 5.75 Å². The zero-order valence-corrected chi connectivity index (χ0v) is 25.5. The number of fused-ring (bicyclic) bond motifs is 1. The van der Waals surface area contributed by atoms with Crippen LogP contribution in [0.25, 0.3) is 6.08 Å². The summed E-state index contributed by atoms with van der Waals surface area (Å²) in [6, 6.07) is 11.0. The number of anilines is 1. The molecular weight excluding hydrogens is 610 g/mol. The third-order valence-electron chi connectivity index (χ3n) is 7.89. The van der Waals surface area contributed by atoms with E-state index in [0.717, 1.165) is 5.56 Å². The third kappa shape index (κ3) is 7.54. The number of hydroxylamine groups is 1. The summed E-state index contributed by atoms with van der Waals surface area (Å²) in [6.45, 7) is 3.59. The van der Waals surface area contributed by atoms with Crippen LogP contribution in [0.2, 0.25) is 5.02 Å². The first-order valence-electron chi connectivity index (χ1n) is 14.6. The fourth-order valence-electron chi connectivity index (χ4n) is 5.47. The highest BCUT2D eigenvalue weighted by Crippen LogP contribution is 2.33. The van der Waals surface area contributed by atoms with Crippen molar-refractivity contribution in [2.24, 2.45) is 0 Å². The molecule has 2 aliphatic heterocycles. The summed E-state index contributed by atoms with van der Waals surface area (Å²) in [4.78, 5) is 18.5. The van der Waals surface area contributed by atoms with Crippen molar-refractivity contribution < 1.29 is 49.0 Å². The summed E-state index contributed by atoms with van der Waals surface area (Å²) in [5, 5.41) is 45.3. The lowest BCUT2D eigenvalue weighted by atomic mass is 9.83. The minimum atomic E-state index is -1.45. The molecule has 2 aromatic rings. The first-order chi connectivity index (χ1) is 21.5. The molecule has 2 aromatic carbocycles. The Hall–Kier alpha value is -3.40. The predicted octanol–water partition coefficient (Wildman–Crippen LogP) is 1.48. The Morgan fingerprint density at radius 1 is 1.09 bits per heavy atom. The molecular formula is C31H38ClN3O10. The molecule has 13 nitrogen and oxygen atoms in total. The van der Waals surface area contributed by atoms with E-state index in [-0.39, 0.29) is 31.1 Å². The molecule has 0 spiro atoms. The normalized spacial score (nSPS) is 30.8. The van der Waals surface area contributed by atoms with Crippen LogP contribution in [0.15, 0.2) is 59.5 Å². The summed E-state index contributed by atoms with van der Waals surface area (Å²) >= 11 is 6.02. The van der Waals surface area contributed by atoms with E-state index >= 15 is 0 Å². The molecule has 1 saturated carbocycles. The average molecular weight is 648 g/mol. The van der Waals surface area contributed by atoms with Gasteiger partial charge in [-0.25, -0.2) is 0 Å². The zero-order valence-electron chi connectivity index (χ0n) is 24.8. The first kappa shape index (κ1) is 33.0. The van der Waals surface area contributed by atoms with Crippen molar-refractivity contribution in [3.63, 3.8) is 0 Å². The lowest BCUT2D eigenvalue weighted by Crippen LogP contribution is -2.67. The number of nitrogens with two attached hydrogens (primary N) is 1. The molecule has 8 N–H and O–H groups in total. The first-order valence-corrected chi connectivity index (χ1v) is 15.0. The summed E-state index contributed by atoms with van der Waals surface area (Å²) in [6.07, 6.45) is -5.30. The molecule has 0 bridgehead atoms. The van der Waals surface area contributed by atoms with Gasteiger partial charge in [-0.3, -0.25) is 15.1 Å². The van der Waals surface area contributed by atoms with E-state index in [0.29, 0.717) is 34.2 Å². The summed E-state index contributed by atoms with van der Waals surface area (Å²) in [5.74, 6) is 0.0782. The molecule has 45 heavy (non-hydrogen) atoms. The van der Waals surface area contributed by atoms with Gasteiger partial charge in [-0.1, -0.05) is 36.7 Å². The van der Waals surface area contributed by atoms with Crippen molar-refractivity contribution in [3.05, 3.63) is 75.6 Å². The molecule has 3 aliphatic rings. The number of nitrogens with one attached hydrogen (secondary N) is 2. The third-order valence-corrected chi connectivity index (χ3v) is 8.12. The molecule has 244 valence electrons. The van der Waals surface area contributed by atoms with Gasteiger partial charge in [0.15, 0.2) is 5.76 Å². The van der Waals surface area contributed by atoms with E-state index in [4.69, 9.17) is 41.1 Å². The smallest absolute Gasteiger partial charge is 0.247 e. The zero-order chi connectivity index (χ0) is 32.2. The molecule has 2 saturated heterocycles. The Labute approximate surface area is 265 Å². The highest BCUT2D eigenvalue weighted by atomic mass is 35.5. The topological polar surface area (TPSA) is 194 Å². The number of ether oxygens (including phenoxy) is 4. The molecule has 5 rings (SSSR count). The Morgan fingerprint density at radius 3 is 2.56 bits per heavy atom. The molecule has 1 amide bonds. The molecule has 8 atom stereocenters. The Bertz CT molecular complexity index is 1440. The lowest BCUT2D eigenvalue weighted by molar-refractivity contribution is -0.155. The number of carbonyl (C=O) groups excluding carboxylic acids is 1.